The summed E-state index contributed by atoms with van der Waals surface area (Å²) in [5.41, 5.74) is 3.20. The van der Waals surface area contributed by atoms with Crippen molar-refractivity contribution in [1.29, 1.82) is 0 Å². The Labute approximate surface area is 59.7 Å². The van der Waals surface area contributed by atoms with Gasteiger partial charge in [-0.3, -0.25) is 0 Å². The summed E-state index contributed by atoms with van der Waals surface area (Å²) in [7, 11) is -1.13. The zero-order valence-electron chi connectivity index (χ0n) is 6.62. The van der Waals surface area contributed by atoms with Gasteiger partial charge in [0.25, 0.3) is 0 Å². The third kappa shape index (κ3) is 4.29. The lowest BCUT2D eigenvalue weighted by molar-refractivity contribution is 1.05. The van der Waals surface area contributed by atoms with E-state index in [0.29, 0.717) is 0 Å². The molecule has 9 heavy (non-hydrogen) atoms. The van der Waals surface area contributed by atoms with E-state index in [4.69, 9.17) is 0 Å². The minimum Gasteiger partial charge on any atom is -0.132 e. The molecule has 0 nitrogen and oxygen atoms in total. The molecule has 0 fully saturated rings. The molecule has 0 aliphatic rings. The zero-order chi connectivity index (χ0) is 7.33. The van der Waals surface area contributed by atoms with Gasteiger partial charge in [0.1, 0.15) is 8.07 Å². The molecule has 0 aromatic heterocycles. The van der Waals surface area contributed by atoms with Gasteiger partial charge in [0.15, 0.2) is 0 Å². The van der Waals surface area contributed by atoms with Gasteiger partial charge in [-0.1, -0.05) is 26.4 Å². The van der Waals surface area contributed by atoms with Gasteiger partial charge in [-0.2, -0.15) is 0 Å². The molecule has 1 heteroatoms. The van der Waals surface area contributed by atoms with Gasteiger partial charge in [-0.15, -0.1) is 11.5 Å². The van der Waals surface area contributed by atoms with Crippen LogP contribution in [0.3, 0.4) is 0 Å². The first kappa shape index (κ1) is 8.78. The Bertz CT molecular complexity index is 125. The van der Waals surface area contributed by atoms with Crippen molar-refractivity contribution in [2.45, 2.75) is 32.5 Å². The highest BCUT2D eigenvalue weighted by Crippen LogP contribution is 2.09. The molecule has 0 atom stereocenters. The highest BCUT2D eigenvalue weighted by atomic mass is 28.3. The van der Waals surface area contributed by atoms with Gasteiger partial charge in [-0.05, 0) is 6.04 Å². The molecule has 0 spiro atoms. The lowest BCUT2D eigenvalue weighted by atomic mass is 10.6. The zero-order valence-corrected chi connectivity index (χ0v) is 7.62. The molecule has 0 amide bonds. The van der Waals surface area contributed by atoms with Gasteiger partial charge in [0.2, 0.25) is 0 Å². The first-order valence-electron chi connectivity index (χ1n) is 3.41. The van der Waals surface area contributed by atoms with Gasteiger partial charge < -0.3 is 0 Å². The number of rotatable bonds is 2. The second-order valence-corrected chi connectivity index (χ2v) is 7.45. The van der Waals surface area contributed by atoms with E-state index >= 15 is 0 Å². The molecular formula is C8H15Si. The summed E-state index contributed by atoms with van der Waals surface area (Å²) in [5, 5.41) is 0. The Hall–Kier alpha value is -0.223. The highest BCUT2D eigenvalue weighted by molar-refractivity contribution is 6.85. The maximum Gasteiger partial charge on any atom is 0.132 e. The Kier molecular flexibility index (Phi) is 3.64. The van der Waals surface area contributed by atoms with Gasteiger partial charge in [-0.25, -0.2) is 0 Å². The fourth-order valence-electron chi connectivity index (χ4n) is 0.927. The number of hydrogen-bond acceptors (Lipinski definition) is 0. The summed E-state index contributed by atoms with van der Waals surface area (Å²) in [6, 6.07) is 1.30. The molecule has 0 bridgehead atoms. The molecule has 0 N–H and O–H groups in total. The quantitative estimate of drug-likeness (QED) is 0.407. The van der Waals surface area contributed by atoms with Crippen LogP contribution < -0.4 is 0 Å². The number of hydrogen-bond donors (Lipinski definition) is 0. The van der Waals surface area contributed by atoms with E-state index in [0.717, 1.165) is 0 Å². The first-order chi connectivity index (χ1) is 4.12. The molecule has 0 aliphatic carbocycles. The third-order valence-electron chi connectivity index (χ3n) is 1.30. The van der Waals surface area contributed by atoms with Crippen molar-refractivity contribution >= 4 is 8.07 Å². The molecule has 0 aromatic carbocycles. The van der Waals surface area contributed by atoms with E-state index in [1.54, 1.807) is 0 Å². The van der Waals surface area contributed by atoms with E-state index in [-0.39, 0.29) is 0 Å². The molecule has 0 aromatic rings. The van der Waals surface area contributed by atoms with Crippen LogP contribution in [0.1, 0.15) is 13.3 Å². The largest absolute Gasteiger partial charge is 0.132 e. The second-order valence-electron chi connectivity index (χ2n) is 2.94. The standard InChI is InChI=1S/C8H15Si/c1-5-7-9(3,4)8-6-2/h1,6,8H2,2-4H3. The van der Waals surface area contributed by atoms with Gasteiger partial charge >= 0.3 is 0 Å². The maximum absolute atomic E-state index is 3.53. The Morgan fingerprint density at radius 3 is 2.33 bits per heavy atom. The fourth-order valence-corrected chi connectivity index (χ4v) is 2.78. The van der Waals surface area contributed by atoms with E-state index in [1.807, 2.05) is 0 Å². The molecule has 0 saturated heterocycles. The summed E-state index contributed by atoms with van der Waals surface area (Å²) in [5.74, 6) is 2.75. The minimum absolute atomic E-state index is 1.13. The fraction of sp³-hybridized carbons (Fsp3) is 0.625. The van der Waals surface area contributed by atoms with Crippen LogP contribution in [-0.2, 0) is 0 Å². The maximum atomic E-state index is 3.53. The van der Waals surface area contributed by atoms with Crippen LogP contribution in [0, 0.1) is 18.4 Å². The van der Waals surface area contributed by atoms with Crippen LogP contribution in [0.15, 0.2) is 0 Å². The monoisotopic (exact) mass is 139 g/mol. The van der Waals surface area contributed by atoms with Crippen LogP contribution in [0.5, 0.6) is 0 Å². The summed E-state index contributed by atoms with van der Waals surface area (Å²) in [6.45, 7) is 10.3. The average Bonchev–Trinajstić information content (AvgIpc) is 1.64. The first-order valence-corrected chi connectivity index (χ1v) is 6.62. The Balaban J connectivity index is 3.80. The van der Waals surface area contributed by atoms with Crippen LogP contribution in [0.2, 0.25) is 19.1 Å². The van der Waals surface area contributed by atoms with Crippen LogP contribution >= 0.6 is 0 Å². The second kappa shape index (κ2) is 3.74. The molecule has 1 radical (unpaired) electrons. The molecule has 0 unspecified atom stereocenters. The third-order valence-corrected chi connectivity index (χ3v) is 3.91. The smallest absolute Gasteiger partial charge is 0.132 e. The predicted molar refractivity (Wildman–Crippen MR) is 45.7 cm³/mol. The van der Waals surface area contributed by atoms with E-state index in [9.17, 15) is 0 Å². The molecular weight excluding hydrogens is 124 g/mol. The van der Waals surface area contributed by atoms with Crippen molar-refractivity contribution in [3.8, 4) is 11.5 Å². The van der Waals surface area contributed by atoms with Gasteiger partial charge in [0.05, 0.1) is 0 Å². The van der Waals surface area contributed by atoms with Crippen molar-refractivity contribution in [3.05, 3.63) is 6.92 Å². The lowest BCUT2D eigenvalue weighted by Crippen LogP contribution is -2.22. The molecule has 51 valence electrons. The van der Waals surface area contributed by atoms with Gasteiger partial charge in [0, 0.05) is 6.92 Å². The summed E-state index contributed by atoms with van der Waals surface area (Å²) >= 11 is 0. The average molecular weight is 139 g/mol. The summed E-state index contributed by atoms with van der Waals surface area (Å²) < 4.78 is 0. The predicted octanol–water partition coefficient (Wildman–Crippen LogP) is 2.48. The highest BCUT2D eigenvalue weighted by Gasteiger charge is 2.14. The van der Waals surface area contributed by atoms with Crippen LogP contribution in [-0.4, -0.2) is 8.07 Å². The van der Waals surface area contributed by atoms with Crippen molar-refractivity contribution in [3.63, 3.8) is 0 Å². The molecule has 0 saturated carbocycles. The van der Waals surface area contributed by atoms with Crippen LogP contribution in [0.4, 0.5) is 0 Å². The SMILES string of the molecule is [CH2]C#C[Si](C)(C)CCC. The normalized spacial score (nSPS) is 10.2. The van der Waals surface area contributed by atoms with Crippen molar-refractivity contribution in [1.82, 2.24) is 0 Å². The van der Waals surface area contributed by atoms with E-state index < -0.39 is 8.07 Å². The van der Waals surface area contributed by atoms with Crippen molar-refractivity contribution in [2.75, 3.05) is 0 Å². The van der Waals surface area contributed by atoms with Crippen molar-refractivity contribution < 1.29 is 0 Å². The lowest BCUT2D eigenvalue weighted by Gasteiger charge is -2.11. The van der Waals surface area contributed by atoms with E-state index in [2.05, 4.69) is 38.4 Å². The van der Waals surface area contributed by atoms with Crippen molar-refractivity contribution in [2.24, 2.45) is 0 Å². The summed E-state index contributed by atoms with van der Waals surface area (Å²) in [6.07, 6.45) is 1.26. The topological polar surface area (TPSA) is 0 Å². The molecule has 0 rings (SSSR count). The summed E-state index contributed by atoms with van der Waals surface area (Å²) in [4.78, 5) is 0. The minimum atomic E-state index is -1.13. The molecule has 0 aliphatic heterocycles. The Morgan fingerprint density at radius 1 is 1.44 bits per heavy atom. The molecule has 0 heterocycles. The van der Waals surface area contributed by atoms with Crippen LogP contribution in [0.25, 0.3) is 0 Å². The van der Waals surface area contributed by atoms with E-state index in [1.165, 1.54) is 12.5 Å². The Morgan fingerprint density at radius 2 is 2.00 bits per heavy atom.